The monoisotopic (exact) mass is 587 g/mol. The van der Waals surface area contributed by atoms with Crippen LogP contribution in [0.25, 0.3) is 0 Å². The van der Waals surface area contributed by atoms with E-state index in [1.807, 2.05) is 19.1 Å². The number of hydrogen-bond acceptors (Lipinski definition) is 5. The van der Waals surface area contributed by atoms with Crippen molar-refractivity contribution in [3.05, 3.63) is 91.8 Å². The molecule has 1 unspecified atom stereocenters. The number of amides is 2. The average Bonchev–Trinajstić information content (AvgIpc) is 3.74. The molecule has 1 aliphatic rings. The van der Waals surface area contributed by atoms with Gasteiger partial charge in [0.25, 0.3) is 0 Å². The van der Waals surface area contributed by atoms with E-state index < -0.39 is 12.0 Å². The Morgan fingerprint density at radius 3 is 2.35 bits per heavy atom. The fourth-order valence-corrected chi connectivity index (χ4v) is 5.09. The van der Waals surface area contributed by atoms with Gasteiger partial charge in [-0.15, -0.1) is 0 Å². The fourth-order valence-electron chi connectivity index (χ4n) is 4.38. The van der Waals surface area contributed by atoms with Crippen molar-refractivity contribution in [3.63, 3.8) is 0 Å². The second kappa shape index (κ2) is 13.6. The van der Waals surface area contributed by atoms with Crippen LogP contribution >= 0.6 is 23.2 Å². The molecule has 212 valence electrons. The largest absolute Gasteiger partial charge is 0.490 e. The number of aryl methyl sites for hydroxylation is 1. The van der Waals surface area contributed by atoms with Gasteiger partial charge in [-0.1, -0.05) is 35.3 Å². The molecule has 2 amide bonds. The number of carboxylic acid groups (broad SMARTS) is 1. The molecule has 0 bridgehead atoms. The molecule has 4 rings (SSSR count). The number of carbonyl (C=O) groups is 2. The maximum atomic E-state index is 13.6. The van der Waals surface area contributed by atoms with E-state index in [0.29, 0.717) is 34.5 Å². The molecule has 0 spiro atoms. The standard InChI is InChI=1S/C29H31Cl2N3O6/c1-18-12-24(30)27(25(31)13-18)40-11-10-39-23-6-2-19(3-7-23)14-21(16-33-29(37)38)28(36)34(22-4-5-22)17-20-8-9-32-26(35)15-20/h2-3,6-9,12-13,15,21-22,33H,4-5,10-11,14,16-17H2,1H3,(H,32,35)(H,37,38). The Morgan fingerprint density at radius 1 is 1.05 bits per heavy atom. The summed E-state index contributed by atoms with van der Waals surface area (Å²) in [7, 11) is 0. The van der Waals surface area contributed by atoms with Crippen LogP contribution in [-0.4, -0.2) is 52.8 Å². The number of hydrogen-bond donors (Lipinski definition) is 3. The Kier molecular flexibility index (Phi) is 9.95. The number of halogens is 2. The summed E-state index contributed by atoms with van der Waals surface area (Å²) in [5.74, 6) is 0.275. The fraction of sp³-hybridized carbons (Fsp3) is 0.345. The number of nitrogens with zero attached hydrogens (tertiary/aromatic N) is 1. The normalized spacial score (nSPS) is 13.4. The van der Waals surface area contributed by atoms with Crippen LogP contribution < -0.4 is 20.3 Å². The van der Waals surface area contributed by atoms with Crippen LogP contribution in [0.4, 0.5) is 4.79 Å². The summed E-state index contributed by atoms with van der Waals surface area (Å²) >= 11 is 12.4. The van der Waals surface area contributed by atoms with Gasteiger partial charge in [0.1, 0.15) is 19.0 Å². The van der Waals surface area contributed by atoms with E-state index in [2.05, 4.69) is 10.3 Å². The minimum Gasteiger partial charge on any atom is -0.490 e. The SMILES string of the molecule is Cc1cc(Cl)c(OCCOc2ccc(CC(CNC(=O)O)C(=O)N(Cc3cc[nH]c(=O)c3)C3CC3)cc2)c(Cl)c1. The number of ether oxygens (including phenoxy) is 2. The van der Waals surface area contributed by atoms with Gasteiger partial charge in [0.2, 0.25) is 11.5 Å². The number of nitrogens with one attached hydrogen (secondary N) is 2. The van der Waals surface area contributed by atoms with E-state index in [1.54, 1.807) is 41.4 Å². The lowest BCUT2D eigenvalue weighted by atomic mass is 9.97. The average molecular weight is 588 g/mol. The molecule has 0 aliphatic heterocycles. The first-order chi connectivity index (χ1) is 19.2. The van der Waals surface area contributed by atoms with Gasteiger partial charge in [-0.3, -0.25) is 9.59 Å². The second-order valence-electron chi connectivity index (χ2n) is 9.74. The second-order valence-corrected chi connectivity index (χ2v) is 10.6. The van der Waals surface area contributed by atoms with E-state index in [4.69, 9.17) is 32.7 Å². The lowest BCUT2D eigenvalue weighted by molar-refractivity contribution is -0.136. The quantitative estimate of drug-likeness (QED) is 0.240. The zero-order valence-corrected chi connectivity index (χ0v) is 23.5. The maximum Gasteiger partial charge on any atom is 0.404 e. The highest BCUT2D eigenvalue weighted by atomic mass is 35.5. The highest BCUT2D eigenvalue weighted by Crippen LogP contribution is 2.34. The number of benzene rings is 2. The number of H-pyrrole nitrogens is 1. The van der Waals surface area contributed by atoms with Crippen LogP contribution in [-0.2, 0) is 17.8 Å². The summed E-state index contributed by atoms with van der Waals surface area (Å²) in [5.41, 5.74) is 2.29. The molecule has 0 saturated heterocycles. The van der Waals surface area contributed by atoms with Crippen molar-refractivity contribution in [2.24, 2.45) is 5.92 Å². The first kappa shape index (κ1) is 29.3. The predicted octanol–water partition coefficient (Wildman–Crippen LogP) is 5.07. The van der Waals surface area contributed by atoms with Gasteiger partial charge in [0.15, 0.2) is 5.75 Å². The summed E-state index contributed by atoms with van der Waals surface area (Å²) in [6, 6.07) is 14.2. The topological polar surface area (TPSA) is 121 Å². The minimum atomic E-state index is -1.19. The molecule has 3 aromatic rings. The lowest BCUT2D eigenvalue weighted by Gasteiger charge is -2.28. The minimum absolute atomic E-state index is 0.0213. The van der Waals surface area contributed by atoms with Crippen LogP contribution in [0.2, 0.25) is 10.0 Å². The van der Waals surface area contributed by atoms with Gasteiger partial charge in [-0.2, -0.15) is 0 Å². The molecule has 1 atom stereocenters. The molecule has 1 aliphatic carbocycles. The Balaban J connectivity index is 1.36. The molecule has 1 aromatic heterocycles. The van der Waals surface area contributed by atoms with E-state index in [0.717, 1.165) is 29.5 Å². The Labute approximate surface area is 242 Å². The first-order valence-electron chi connectivity index (χ1n) is 12.9. The lowest BCUT2D eigenvalue weighted by Crippen LogP contribution is -2.43. The van der Waals surface area contributed by atoms with Crippen molar-refractivity contribution in [1.29, 1.82) is 0 Å². The summed E-state index contributed by atoms with van der Waals surface area (Å²) in [6.07, 6.45) is 2.47. The zero-order chi connectivity index (χ0) is 28.6. The predicted molar refractivity (Wildman–Crippen MR) is 152 cm³/mol. The molecule has 1 heterocycles. The van der Waals surface area contributed by atoms with E-state index in [-0.39, 0.29) is 37.3 Å². The van der Waals surface area contributed by atoms with Crippen molar-refractivity contribution >= 4 is 35.2 Å². The van der Waals surface area contributed by atoms with Gasteiger partial charge in [0, 0.05) is 31.4 Å². The Morgan fingerprint density at radius 2 is 1.73 bits per heavy atom. The van der Waals surface area contributed by atoms with Crippen molar-refractivity contribution < 1.29 is 24.2 Å². The third-order valence-electron chi connectivity index (χ3n) is 6.46. The van der Waals surface area contributed by atoms with Gasteiger partial charge in [-0.25, -0.2) is 4.79 Å². The molecular formula is C29H31Cl2N3O6. The molecule has 1 fully saturated rings. The van der Waals surface area contributed by atoms with Gasteiger partial charge in [-0.05, 0) is 73.2 Å². The zero-order valence-electron chi connectivity index (χ0n) is 22.0. The summed E-state index contributed by atoms with van der Waals surface area (Å²) in [5, 5.41) is 12.4. The molecular weight excluding hydrogens is 557 g/mol. The van der Waals surface area contributed by atoms with Crippen LogP contribution in [0.1, 0.15) is 29.5 Å². The van der Waals surface area contributed by atoms with Crippen LogP contribution in [0.5, 0.6) is 11.5 Å². The molecule has 3 N–H and O–H groups in total. The van der Waals surface area contributed by atoms with Gasteiger partial charge in [0.05, 0.1) is 16.0 Å². The number of rotatable bonds is 13. The number of aromatic amines is 1. The van der Waals surface area contributed by atoms with Crippen molar-refractivity contribution in [2.45, 2.75) is 38.8 Å². The smallest absolute Gasteiger partial charge is 0.404 e. The third-order valence-corrected chi connectivity index (χ3v) is 7.02. The highest BCUT2D eigenvalue weighted by Gasteiger charge is 2.36. The number of pyridine rings is 1. The third kappa shape index (κ3) is 8.40. The molecule has 11 heteroatoms. The number of carbonyl (C=O) groups excluding carboxylic acids is 1. The van der Waals surface area contributed by atoms with Crippen LogP contribution in [0.15, 0.2) is 59.5 Å². The Hall–Kier alpha value is -3.69. The number of aromatic nitrogens is 1. The summed E-state index contributed by atoms with van der Waals surface area (Å²) < 4.78 is 11.5. The summed E-state index contributed by atoms with van der Waals surface area (Å²) in [6.45, 7) is 2.68. The molecule has 40 heavy (non-hydrogen) atoms. The molecule has 1 saturated carbocycles. The molecule has 0 radical (unpaired) electrons. The molecule has 9 nitrogen and oxygen atoms in total. The van der Waals surface area contributed by atoms with Crippen molar-refractivity contribution in [2.75, 3.05) is 19.8 Å². The van der Waals surface area contributed by atoms with Gasteiger partial charge >= 0.3 is 6.09 Å². The van der Waals surface area contributed by atoms with E-state index >= 15 is 0 Å². The summed E-state index contributed by atoms with van der Waals surface area (Å²) in [4.78, 5) is 40.9. The molecule has 2 aromatic carbocycles. The highest BCUT2D eigenvalue weighted by molar-refractivity contribution is 6.37. The van der Waals surface area contributed by atoms with Crippen molar-refractivity contribution in [1.82, 2.24) is 15.2 Å². The van der Waals surface area contributed by atoms with Crippen LogP contribution in [0.3, 0.4) is 0 Å². The van der Waals surface area contributed by atoms with E-state index in [1.165, 1.54) is 6.07 Å². The first-order valence-corrected chi connectivity index (χ1v) is 13.7. The van der Waals surface area contributed by atoms with Crippen LogP contribution in [0, 0.1) is 12.8 Å². The maximum absolute atomic E-state index is 13.6. The Bertz CT molecular complexity index is 1370. The van der Waals surface area contributed by atoms with Crippen molar-refractivity contribution in [3.8, 4) is 11.5 Å². The van der Waals surface area contributed by atoms with E-state index in [9.17, 15) is 19.5 Å². The van der Waals surface area contributed by atoms with Gasteiger partial charge < -0.3 is 29.8 Å².